The fraction of sp³-hybridized carbons (Fsp3) is 0.600. The van der Waals surface area contributed by atoms with Gasteiger partial charge in [-0.2, -0.15) is 13.2 Å². The van der Waals surface area contributed by atoms with E-state index in [1.807, 2.05) is 6.07 Å². The van der Waals surface area contributed by atoms with Crippen molar-refractivity contribution in [3.05, 3.63) is 34.9 Å². The van der Waals surface area contributed by atoms with Crippen LogP contribution in [0.1, 0.15) is 25.3 Å². The van der Waals surface area contributed by atoms with Gasteiger partial charge in [-0.15, -0.1) is 0 Å². The van der Waals surface area contributed by atoms with E-state index in [2.05, 4.69) is 19.2 Å². The van der Waals surface area contributed by atoms with Crippen molar-refractivity contribution < 1.29 is 17.9 Å². The van der Waals surface area contributed by atoms with Gasteiger partial charge in [0.2, 0.25) is 0 Å². The lowest BCUT2D eigenvalue weighted by Gasteiger charge is -2.20. The molecule has 1 N–H and O–H groups in total. The maximum Gasteiger partial charge on any atom is 0.411 e. The van der Waals surface area contributed by atoms with E-state index in [9.17, 15) is 13.2 Å². The summed E-state index contributed by atoms with van der Waals surface area (Å²) in [6, 6.07) is 7.14. The van der Waals surface area contributed by atoms with Crippen LogP contribution in [0.3, 0.4) is 0 Å². The Kier molecular flexibility index (Phi) is 7.49. The maximum atomic E-state index is 12.2. The number of nitrogens with one attached hydrogen (secondary N) is 1. The van der Waals surface area contributed by atoms with Crippen molar-refractivity contribution in [2.24, 2.45) is 5.92 Å². The average Bonchev–Trinajstić information content (AvgIpc) is 2.35. The van der Waals surface area contributed by atoms with Crippen molar-refractivity contribution in [1.82, 2.24) is 5.32 Å². The molecule has 0 fully saturated rings. The van der Waals surface area contributed by atoms with Crippen LogP contribution in [0, 0.1) is 5.92 Å². The Hall–Kier alpha value is -0.780. The third-order valence-electron chi connectivity index (χ3n) is 2.85. The van der Waals surface area contributed by atoms with E-state index in [1.54, 1.807) is 18.2 Å². The summed E-state index contributed by atoms with van der Waals surface area (Å²) in [5.41, 5.74) is 0.876. The highest BCUT2D eigenvalue weighted by atomic mass is 35.5. The minimum atomic E-state index is -4.30. The number of ether oxygens (including phenoxy) is 1. The molecular weight excluding hydrogens is 303 g/mol. The van der Waals surface area contributed by atoms with Crippen molar-refractivity contribution in [3.63, 3.8) is 0 Å². The predicted octanol–water partition coefficient (Wildman–Crippen LogP) is 4.25. The Morgan fingerprint density at radius 3 is 2.52 bits per heavy atom. The third-order valence-corrected chi connectivity index (χ3v) is 3.08. The number of benzene rings is 1. The van der Waals surface area contributed by atoms with Gasteiger partial charge < -0.3 is 10.1 Å². The Balaban J connectivity index is 2.61. The van der Waals surface area contributed by atoms with Crippen molar-refractivity contribution in [2.75, 3.05) is 26.3 Å². The van der Waals surface area contributed by atoms with E-state index < -0.39 is 12.8 Å². The molecule has 1 atom stereocenters. The van der Waals surface area contributed by atoms with Gasteiger partial charge >= 0.3 is 6.18 Å². The quantitative estimate of drug-likeness (QED) is 0.772. The fourth-order valence-electron chi connectivity index (χ4n) is 1.90. The topological polar surface area (TPSA) is 21.3 Å². The van der Waals surface area contributed by atoms with Gasteiger partial charge in [0.15, 0.2) is 0 Å². The molecule has 0 radical (unpaired) electrons. The highest BCUT2D eigenvalue weighted by molar-refractivity contribution is 6.30. The van der Waals surface area contributed by atoms with Gasteiger partial charge in [-0.25, -0.2) is 0 Å². The van der Waals surface area contributed by atoms with E-state index in [0.717, 1.165) is 12.1 Å². The predicted molar refractivity (Wildman–Crippen MR) is 78.8 cm³/mol. The van der Waals surface area contributed by atoms with Crippen LogP contribution in [0.2, 0.25) is 5.02 Å². The summed E-state index contributed by atoms with van der Waals surface area (Å²) in [6.45, 7) is 4.27. The second kappa shape index (κ2) is 8.61. The summed E-state index contributed by atoms with van der Waals surface area (Å²) < 4.78 is 41.3. The van der Waals surface area contributed by atoms with E-state index in [1.165, 1.54) is 0 Å². The molecule has 0 aliphatic heterocycles. The van der Waals surface area contributed by atoms with Gasteiger partial charge in [0.05, 0.1) is 6.61 Å². The lowest BCUT2D eigenvalue weighted by atomic mass is 10.00. The molecule has 1 rings (SSSR count). The van der Waals surface area contributed by atoms with Gasteiger partial charge in [0.25, 0.3) is 0 Å². The van der Waals surface area contributed by atoms with Crippen LogP contribution >= 0.6 is 11.6 Å². The van der Waals surface area contributed by atoms with Gasteiger partial charge in [-0.3, -0.25) is 0 Å². The van der Waals surface area contributed by atoms with Gasteiger partial charge in [-0.1, -0.05) is 37.6 Å². The molecule has 0 spiro atoms. The van der Waals surface area contributed by atoms with Gasteiger partial charge in [-0.05, 0) is 30.2 Å². The number of alkyl halides is 3. The van der Waals surface area contributed by atoms with Crippen molar-refractivity contribution in [3.8, 4) is 0 Å². The Morgan fingerprint density at radius 2 is 1.95 bits per heavy atom. The normalized spacial score (nSPS) is 13.7. The number of hydrogen-bond donors (Lipinski definition) is 1. The summed E-state index contributed by atoms with van der Waals surface area (Å²) in [6.07, 6.45) is -4.30. The van der Waals surface area contributed by atoms with Crippen LogP contribution in [0.5, 0.6) is 0 Å². The molecule has 0 amide bonds. The standard InChI is InChI=1S/C15H21ClF3NO/c1-11(2)7-20-8-13(9-21-10-15(17,18)19)12-4-3-5-14(16)6-12/h3-6,11,13,20H,7-10H2,1-2H3. The van der Waals surface area contributed by atoms with Crippen LogP contribution in [0.25, 0.3) is 0 Å². The van der Waals surface area contributed by atoms with E-state index >= 15 is 0 Å². The first-order valence-corrected chi connectivity index (χ1v) is 7.26. The number of rotatable bonds is 8. The van der Waals surface area contributed by atoms with Gasteiger partial charge in [0, 0.05) is 17.5 Å². The van der Waals surface area contributed by atoms with Crippen LogP contribution in [0.15, 0.2) is 24.3 Å². The molecule has 6 heteroatoms. The molecule has 0 bridgehead atoms. The van der Waals surface area contributed by atoms with Crippen molar-refractivity contribution in [1.29, 1.82) is 0 Å². The summed E-state index contributed by atoms with van der Waals surface area (Å²) >= 11 is 5.94. The summed E-state index contributed by atoms with van der Waals surface area (Å²) in [5.74, 6) is 0.311. The molecule has 0 aliphatic carbocycles. The third kappa shape index (κ3) is 8.29. The first kappa shape index (κ1) is 18.3. The molecule has 0 saturated carbocycles. The van der Waals surface area contributed by atoms with Crippen LogP contribution < -0.4 is 5.32 Å². The highest BCUT2D eigenvalue weighted by Crippen LogP contribution is 2.21. The molecule has 0 aliphatic rings. The molecule has 2 nitrogen and oxygen atoms in total. The zero-order valence-electron chi connectivity index (χ0n) is 12.2. The minimum Gasteiger partial charge on any atom is -0.371 e. The SMILES string of the molecule is CC(C)CNCC(COCC(F)(F)F)c1cccc(Cl)c1. The summed E-state index contributed by atoms with van der Waals surface area (Å²) in [7, 11) is 0. The molecule has 21 heavy (non-hydrogen) atoms. The molecule has 120 valence electrons. The van der Waals surface area contributed by atoms with Gasteiger partial charge in [0.1, 0.15) is 6.61 Å². The lowest BCUT2D eigenvalue weighted by Crippen LogP contribution is -2.29. The fourth-order valence-corrected chi connectivity index (χ4v) is 2.10. The minimum absolute atomic E-state index is 0.00491. The number of halogens is 4. The molecule has 0 saturated heterocycles. The van der Waals surface area contributed by atoms with Crippen LogP contribution in [0.4, 0.5) is 13.2 Å². The van der Waals surface area contributed by atoms with E-state index in [4.69, 9.17) is 16.3 Å². The van der Waals surface area contributed by atoms with E-state index in [-0.39, 0.29) is 12.5 Å². The Morgan fingerprint density at radius 1 is 1.24 bits per heavy atom. The second-order valence-corrected chi connectivity index (χ2v) is 5.87. The Bertz CT molecular complexity index is 424. The molecule has 0 heterocycles. The largest absolute Gasteiger partial charge is 0.411 e. The number of hydrogen-bond acceptors (Lipinski definition) is 2. The first-order valence-electron chi connectivity index (χ1n) is 6.88. The molecule has 1 aromatic rings. The molecule has 0 aromatic heterocycles. The summed E-state index contributed by atoms with van der Waals surface area (Å²) in [5, 5.41) is 3.81. The zero-order chi connectivity index (χ0) is 15.9. The van der Waals surface area contributed by atoms with E-state index in [0.29, 0.717) is 17.5 Å². The monoisotopic (exact) mass is 323 g/mol. The zero-order valence-corrected chi connectivity index (χ0v) is 13.0. The molecule has 1 unspecified atom stereocenters. The highest BCUT2D eigenvalue weighted by Gasteiger charge is 2.28. The van der Waals surface area contributed by atoms with Crippen LogP contribution in [-0.2, 0) is 4.74 Å². The van der Waals surface area contributed by atoms with Crippen molar-refractivity contribution >= 4 is 11.6 Å². The molecular formula is C15H21ClF3NO. The first-order chi connectivity index (χ1) is 9.78. The van der Waals surface area contributed by atoms with Crippen molar-refractivity contribution in [2.45, 2.75) is 25.9 Å². The average molecular weight is 324 g/mol. The van der Waals surface area contributed by atoms with Crippen LogP contribution in [-0.4, -0.2) is 32.5 Å². The lowest BCUT2D eigenvalue weighted by molar-refractivity contribution is -0.174. The second-order valence-electron chi connectivity index (χ2n) is 5.43. The Labute approximate surface area is 128 Å². The molecule has 1 aromatic carbocycles. The smallest absolute Gasteiger partial charge is 0.371 e. The summed E-state index contributed by atoms with van der Waals surface area (Å²) in [4.78, 5) is 0. The maximum absolute atomic E-state index is 12.2.